The van der Waals surface area contributed by atoms with Gasteiger partial charge in [0.2, 0.25) is 5.91 Å². The van der Waals surface area contributed by atoms with E-state index in [9.17, 15) is 9.59 Å². The third kappa shape index (κ3) is 3.35. The summed E-state index contributed by atoms with van der Waals surface area (Å²) in [6.07, 6.45) is 1.61. The molecular formula is C13H14N4O3. The number of anilines is 2. The number of nitrogens with two attached hydrogens (primary N) is 1. The zero-order chi connectivity index (χ0) is 14.5. The molecule has 0 fully saturated rings. The van der Waals surface area contributed by atoms with Gasteiger partial charge in [0.1, 0.15) is 12.4 Å². The molecule has 20 heavy (non-hydrogen) atoms. The maximum Gasteiger partial charge on any atom is 0.337 e. The predicted molar refractivity (Wildman–Crippen MR) is 73.1 cm³/mol. The molecule has 104 valence electrons. The molecule has 0 saturated heterocycles. The van der Waals surface area contributed by atoms with Crippen molar-refractivity contribution in [3.05, 3.63) is 42.1 Å². The van der Waals surface area contributed by atoms with Gasteiger partial charge in [-0.2, -0.15) is 5.10 Å². The number of nitrogens with zero attached hydrogens (tertiary/aromatic N) is 2. The van der Waals surface area contributed by atoms with Crippen molar-refractivity contribution in [2.45, 2.75) is 6.54 Å². The highest BCUT2D eigenvalue weighted by Gasteiger charge is 2.08. The molecule has 0 unspecified atom stereocenters. The van der Waals surface area contributed by atoms with Crippen LogP contribution in [-0.2, 0) is 16.1 Å². The van der Waals surface area contributed by atoms with E-state index in [0.717, 1.165) is 0 Å². The molecule has 1 heterocycles. The van der Waals surface area contributed by atoms with Gasteiger partial charge in [-0.05, 0) is 24.3 Å². The van der Waals surface area contributed by atoms with E-state index < -0.39 is 5.97 Å². The van der Waals surface area contributed by atoms with Gasteiger partial charge >= 0.3 is 5.97 Å². The summed E-state index contributed by atoms with van der Waals surface area (Å²) in [6.45, 7) is 0.0413. The number of amides is 1. The summed E-state index contributed by atoms with van der Waals surface area (Å²) >= 11 is 0. The van der Waals surface area contributed by atoms with E-state index in [-0.39, 0.29) is 12.5 Å². The molecule has 0 saturated carbocycles. The SMILES string of the molecule is COC(=O)c1cccc(NC(=O)Cn2ccc(N)n2)c1. The third-order valence-electron chi connectivity index (χ3n) is 2.53. The zero-order valence-corrected chi connectivity index (χ0v) is 10.9. The lowest BCUT2D eigenvalue weighted by Crippen LogP contribution is -2.19. The number of carbonyl (C=O) groups is 2. The molecule has 1 amide bonds. The van der Waals surface area contributed by atoms with Gasteiger partial charge in [-0.3, -0.25) is 9.48 Å². The number of hydrogen-bond donors (Lipinski definition) is 2. The van der Waals surface area contributed by atoms with Gasteiger partial charge in [-0.1, -0.05) is 6.07 Å². The van der Waals surface area contributed by atoms with Crippen molar-refractivity contribution in [3.8, 4) is 0 Å². The van der Waals surface area contributed by atoms with E-state index in [1.165, 1.54) is 11.8 Å². The maximum atomic E-state index is 11.8. The van der Waals surface area contributed by atoms with Crippen LogP contribution in [0.1, 0.15) is 10.4 Å². The number of hydrogen-bond acceptors (Lipinski definition) is 5. The number of nitrogens with one attached hydrogen (secondary N) is 1. The maximum absolute atomic E-state index is 11.8. The average molecular weight is 274 g/mol. The van der Waals surface area contributed by atoms with E-state index >= 15 is 0 Å². The van der Waals surface area contributed by atoms with Gasteiger partial charge in [0.25, 0.3) is 0 Å². The van der Waals surface area contributed by atoms with Crippen LogP contribution in [0.2, 0.25) is 0 Å². The molecule has 2 rings (SSSR count). The van der Waals surface area contributed by atoms with Crippen molar-refractivity contribution in [2.75, 3.05) is 18.2 Å². The quantitative estimate of drug-likeness (QED) is 0.807. The summed E-state index contributed by atoms with van der Waals surface area (Å²) in [5.74, 6) is -0.374. The van der Waals surface area contributed by atoms with E-state index in [1.54, 1.807) is 36.5 Å². The molecule has 0 aliphatic rings. The summed E-state index contributed by atoms with van der Waals surface area (Å²) in [7, 11) is 1.30. The third-order valence-corrected chi connectivity index (χ3v) is 2.53. The largest absolute Gasteiger partial charge is 0.465 e. The topological polar surface area (TPSA) is 99.2 Å². The highest BCUT2D eigenvalue weighted by molar-refractivity contribution is 5.94. The first-order valence-corrected chi connectivity index (χ1v) is 5.85. The molecule has 1 aromatic heterocycles. The number of esters is 1. The summed E-state index contributed by atoms with van der Waals surface area (Å²) in [6, 6.07) is 8.09. The molecule has 0 radical (unpaired) electrons. The smallest absolute Gasteiger partial charge is 0.337 e. The van der Waals surface area contributed by atoms with Crippen LogP contribution in [0.5, 0.6) is 0 Å². The van der Waals surface area contributed by atoms with Crippen LogP contribution in [0, 0.1) is 0 Å². The van der Waals surface area contributed by atoms with Crippen LogP contribution in [0.3, 0.4) is 0 Å². The molecule has 3 N–H and O–H groups in total. The fourth-order valence-corrected chi connectivity index (χ4v) is 1.65. The monoisotopic (exact) mass is 274 g/mol. The first-order valence-electron chi connectivity index (χ1n) is 5.85. The van der Waals surface area contributed by atoms with Gasteiger partial charge in [0, 0.05) is 11.9 Å². The molecule has 1 aromatic carbocycles. The lowest BCUT2D eigenvalue weighted by atomic mass is 10.2. The van der Waals surface area contributed by atoms with Gasteiger partial charge in [0.15, 0.2) is 0 Å². The Morgan fingerprint density at radius 3 is 2.85 bits per heavy atom. The van der Waals surface area contributed by atoms with Gasteiger partial charge in [-0.15, -0.1) is 0 Å². The first-order chi connectivity index (χ1) is 9.58. The number of methoxy groups -OCH3 is 1. The number of ether oxygens (including phenoxy) is 1. The zero-order valence-electron chi connectivity index (χ0n) is 10.9. The molecule has 0 aliphatic heterocycles. The van der Waals surface area contributed by atoms with Crippen molar-refractivity contribution < 1.29 is 14.3 Å². The number of carbonyl (C=O) groups excluding carboxylic acids is 2. The summed E-state index contributed by atoms with van der Waals surface area (Å²) in [5, 5.41) is 6.58. The first kappa shape index (κ1) is 13.6. The van der Waals surface area contributed by atoms with Crippen molar-refractivity contribution in [3.63, 3.8) is 0 Å². The molecule has 0 atom stereocenters. The second kappa shape index (κ2) is 5.87. The van der Waals surface area contributed by atoms with Crippen LogP contribution < -0.4 is 11.1 Å². The average Bonchev–Trinajstić information content (AvgIpc) is 2.83. The van der Waals surface area contributed by atoms with Gasteiger partial charge in [-0.25, -0.2) is 4.79 Å². The Morgan fingerprint density at radius 2 is 2.20 bits per heavy atom. The van der Waals surface area contributed by atoms with Crippen molar-refractivity contribution in [2.24, 2.45) is 0 Å². The van der Waals surface area contributed by atoms with E-state index in [0.29, 0.717) is 17.1 Å². The fraction of sp³-hybridized carbons (Fsp3) is 0.154. The van der Waals surface area contributed by atoms with Gasteiger partial charge < -0.3 is 15.8 Å². The Bertz CT molecular complexity index is 636. The molecule has 7 heteroatoms. The van der Waals surface area contributed by atoms with Crippen molar-refractivity contribution in [1.82, 2.24) is 9.78 Å². The minimum Gasteiger partial charge on any atom is -0.465 e. The van der Waals surface area contributed by atoms with Crippen LogP contribution in [0.15, 0.2) is 36.5 Å². The number of aromatic nitrogens is 2. The lowest BCUT2D eigenvalue weighted by Gasteiger charge is -2.06. The highest BCUT2D eigenvalue weighted by Crippen LogP contribution is 2.11. The number of benzene rings is 1. The number of rotatable bonds is 4. The summed E-state index contributed by atoms with van der Waals surface area (Å²) in [5.41, 5.74) is 6.34. The molecule has 2 aromatic rings. The lowest BCUT2D eigenvalue weighted by molar-refractivity contribution is -0.116. The Kier molecular flexibility index (Phi) is 3.99. The fourth-order valence-electron chi connectivity index (χ4n) is 1.65. The Hall–Kier alpha value is -2.83. The number of nitrogen functional groups attached to an aromatic ring is 1. The van der Waals surface area contributed by atoms with E-state index in [1.807, 2.05) is 0 Å². The van der Waals surface area contributed by atoms with Crippen molar-refractivity contribution >= 4 is 23.4 Å². The molecular weight excluding hydrogens is 260 g/mol. The van der Waals surface area contributed by atoms with Crippen molar-refractivity contribution in [1.29, 1.82) is 0 Å². The molecule has 0 bridgehead atoms. The van der Waals surface area contributed by atoms with Gasteiger partial charge in [0.05, 0.1) is 12.7 Å². The van der Waals surface area contributed by atoms with E-state index in [4.69, 9.17) is 5.73 Å². The second-order valence-electron chi connectivity index (χ2n) is 4.06. The standard InChI is InChI=1S/C13H14N4O3/c1-20-13(19)9-3-2-4-10(7-9)15-12(18)8-17-6-5-11(14)16-17/h2-7H,8H2,1H3,(H2,14,16)(H,15,18). The molecule has 7 nitrogen and oxygen atoms in total. The Labute approximate surface area is 115 Å². The van der Waals surface area contributed by atoms with Crippen LogP contribution in [0.25, 0.3) is 0 Å². The highest BCUT2D eigenvalue weighted by atomic mass is 16.5. The predicted octanol–water partition coefficient (Wildman–Crippen LogP) is 0.891. The Morgan fingerprint density at radius 1 is 1.40 bits per heavy atom. The van der Waals surface area contributed by atoms with Crippen LogP contribution in [0.4, 0.5) is 11.5 Å². The van der Waals surface area contributed by atoms with Crippen LogP contribution >= 0.6 is 0 Å². The normalized spacial score (nSPS) is 10.1. The molecule has 0 spiro atoms. The summed E-state index contributed by atoms with van der Waals surface area (Å²) < 4.78 is 6.04. The van der Waals surface area contributed by atoms with E-state index in [2.05, 4.69) is 15.2 Å². The minimum atomic E-state index is -0.457. The molecule has 0 aliphatic carbocycles. The Balaban J connectivity index is 2.02. The second-order valence-corrected chi connectivity index (χ2v) is 4.06. The minimum absolute atomic E-state index is 0.0413. The van der Waals surface area contributed by atoms with Crippen LogP contribution in [-0.4, -0.2) is 28.8 Å². The summed E-state index contributed by atoms with van der Waals surface area (Å²) in [4.78, 5) is 23.2.